The average Bonchev–Trinajstić information content (AvgIpc) is 3.06. The Kier molecular flexibility index (Phi) is 6.32. The molecule has 0 bridgehead atoms. The molecule has 2 aromatic heterocycles. The van der Waals surface area contributed by atoms with E-state index < -0.39 is 0 Å². The number of piperazine rings is 1. The zero-order valence-electron chi connectivity index (χ0n) is 18.2. The Labute approximate surface area is 191 Å². The molecule has 168 valence electrons. The summed E-state index contributed by atoms with van der Waals surface area (Å²) >= 11 is 1.59. The lowest BCUT2D eigenvalue weighted by atomic mass is 10.1. The van der Waals surface area contributed by atoms with Crippen molar-refractivity contribution in [1.82, 2.24) is 19.8 Å². The fourth-order valence-electron chi connectivity index (χ4n) is 4.67. The van der Waals surface area contributed by atoms with E-state index >= 15 is 0 Å². The Morgan fingerprint density at radius 2 is 1.66 bits per heavy atom. The Balaban J connectivity index is 1.29. The first kappa shape index (κ1) is 21.3. The molecular weight excluding hydrogens is 425 g/mol. The number of amides is 1. The van der Waals surface area contributed by atoms with Gasteiger partial charge in [0.2, 0.25) is 5.91 Å². The summed E-state index contributed by atoms with van der Waals surface area (Å²) in [5.74, 6) is 0.950. The van der Waals surface area contributed by atoms with E-state index in [4.69, 9.17) is 0 Å². The SMILES string of the molecule is O=C(CN1CCN(c2ncnc3scc(-c4ccc(F)cc4)c23)CC1)N1CCCCCC1. The van der Waals surface area contributed by atoms with E-state index in [0.29, 0.717) is 6.54 Å². The molecule has 2 aliphatic rings. The maximum absolute atomic E-state index is 13.4. The minimum absolute atomic E-state index is 0.240. The highest BCUT2D eigenvalue weighted by Crippen LogP contribution is 2.38. The van der Waals surface area contributed by atoms with Gasteiger partial charge in [0.1, 0.15) is 22.8 Å². The standard InChI is InChI=1S/C24H28FN5OS/c25-19-7-5-18(6-8-19)20-16-32-24-22(20)23(26-17-27-24)30-13-11-28(12-14-30)15-21(31)29-9-3-1-2-4-10-29/h5-8,16-17H,1-4,9-15H2. The highest BCUT2D eigenvalue weighted by atomic mass is 32.1. The predicted molar refractivity (Wildman–Crippen MR) is 127 cm³/mol. The number of carbonyl (C=O) groups excluding carboxylic acids is 1. The number of benzene rings is 1. The molecule has 4 heterocycles. The van der Waals surface area contributed by atoms with E-state index in [1.165, 1.54) is 25.0 Å². The number of carbonyl (C=O) groups is 1. The van der Waals surface area contributed by atoms with Crippen LogP contribution in [-0.4, -0.2) is 71.5 Å². The van der Waals surface area contributed by atoms with Gasteiger partial charge in [0.25, 0.3) is 0 Å². The Hall–Kier alpha value is -2.58. The second kappa shape index (κ2) is 9.50. The number of fused-ring (bicyclic) bond motifs is 1. The van der Waals surface area contributed by atoms with E-state index in [1.807, 2.05) is 4.90 Å². The lowest BCUT2D eigenvalue weighted by Crippen LogP contribution is -2.50. The maximum Gasteiger partial charge on any atom is 0.236 e. The molecule has 8 heteroatoms. The quantitative estimate of drug-likeness (QED) is 0.597. The van der Waals surface area contributed by atoms with E-state index in [2.05, 4.69) is 25.1 Å². The van der Waals surface area contributed by atoms with Crippen molar-refractivity contribution < 1.29 is 9.18 Å². The third-order valence-corrected chi connectivity index (χ3v) is 7.38. The number of aromatic nitrogens is 2. The van der Waals surface area contributed by atoms with Gasteiger partial charge < -0.3 is 9.80 Å². The predicted octanol–water partition coefficient (Wildman–Crippen LogP) is 4.02. The second-order valence-corrected chi connectivity index (χ2v) is 9.45. The largest absolute Gasteiger partial charge is 0.353 e. The summed E-state index contributed by atoms with van der Waals surface area (Å²) in [6.07, 6.45) is 6.34. The van der Waals surface area contributed by atoms with E-state index in [0.717, 1.165) is 79.3 Å². The van der Waals surface area contributed by atoms with Crippen LogP contribution in [-0.2, 0) is 4.79 Å². The van der Waals surface area contributed by atoms with Crippen LogP contribution in [0.1, 0.15) is 25.7 Å². The number of hydrogen-bond acceptors (Lipinski definition) is 6. The molecule has 32 heavy (non-hydrogen) atoms. The number of halogens is 1. The first-order valence-electron chi connectivity index (χ1n) is 11.4. The van der Waals surface area contributed by atoms with Crippen molar-refractivity contribution in [2.45, 2.75) is 25.7 Å². The summed E-state index contributed by atoms with van der Waals surface area (Å²) in [6, 6.07) is 6.59. The maximum atomic E-state index is 13.4. The van der Waals surface area contributed by atoms with Crippen LogP contribution in [0.2, 0.25) is 0 Å². The summed E-state index contributed by atoms with van der Waals surface area (Å²) in [6.45, 7) is 5.62. The van der Waals surface area contributed by atoms with Gasteiger partial charge in [0.15, 0.2) is 0 Å². The normalized spacial score (nSPS) is 18.2. The monoisotopic (exact) mass is 453 g/mol. The van der Waals surface area contributed by atoms with E-state index in [-0.39, 0.29) is 11.7 Å². The summed E-state index contributed by atoms with van der Waals surface area (Å²) < 4.78 is 13.4. The molecule has 3 aromatic rings. The zero-order chi connectivity index (χ0) is 21.9. The van der Waals surface area contributed by atoms with Gasteiger partial charge >= 0.3 is 0 Å². The highest BCUT2D eigenvalue weighted by Gasteiger charge is 2.25. The minimum Gasteiger partial charge on any atom is -0.353 e. The summed E-state index contributed by atoms with van der Waals surface area (Å²) in [7, 11) is 0. The van der Waals surface area contributed by atoms with Crippen LogP contribution in [0.3, 0.4) is 0 Å². The fourth-order valence-corrected chi connectivity index (χ4v) is 5.58. The first-order valence-corrected chi connectivity index (χ1v) is 12.3. The Bertz CT molecular complexity index is 1070. The van der Waals surface area contributed by atoms with Gasteiger partial charge in [0, 0.05) is 50.2 Å². The van der Waals surface area contributed by atoms with Gasteiger partial charge in [-0.05, 0) is 30.5 Å². The summed E-state index contributed by atoms with van der Waals surface area (Å²) in [4.78, 5) is 29.4. The molecule has 0 radical (unpaired) electrons. The van der Waals surface area contributed by atoms with E-state index in [1.54, 1.807) is 29.8 Å². The van der Waals surface area contributed by atoms with Gasteiger partial charge in [-0.15, -0.1) is 11.3 Å². The van der Waals surface area contributed by atoms with Gasteiger partial charge in [-0.3, -0.25) is 9.69 Å². The van der Waals surface area contributed by atoms with Crippen LogP contribution in [0.4, 0.5) is 10.2 Å². The van der Waals surface area contributed by atoms with Crippen molar-refractivity contribution in [3.8, 4) is 11.1 Å². The highest BCUT2D eigenvalue weighted by molar-refractivity contribution is 7.17. The van der Waals surface area contributed by atoms with Crippen LogP contribution < -0.4 is 4.90 Å². The van der Waals surface area contributed by atoms with Crippen molar-refractivity contribution in [3.05, 3.63) is 41.8 Å². The first-order chi connectivity index (χ1) is 15.7. The molecule has 0 aliphatic carbocycles. The van der Waals surface area contributed by atoms with Gasteiger partial charge in [-0.1, -0.05) is 25.0 Å². The topological polar surface area (TPSA) is 52.6 Å². The lowest BCUT2D eigenvalue weighted by molar-refractivity contribution is -0.132. The molecule has 1 aromatic carbocycles. The third-order valence-electron chi connectivity index (χ3n) is 6.49. The minimum atomic E-state index is -0.240. The molecular formula is C24H28FN5OS. The molecule has 1 amide bonds. The summed E-state index contributed by atoms with van der Waals surface area (Å²) in [5, 5.41) is 3.10. The second-order valence-electron chi connectivity index (χ2n) is 8.59. The number of likely N-dealkylation sites (tertiary alicyclic amines) is 1. The molecule has 5 rings (SSSR count). The number of hydrogen-bond donors (Lipinski definition) is 0. The zero-order valence-corrected chi connectivity index (χ0v) is 19.0. The molecule has 2 aliphatic heterocycles. The van der Waals surface area contributed by atoms with Crippen molar-refractivity contribution in [2.75, 3.05) is 50.7 Å². The molecule has 0 saturated carbocycles. The van der Waals surface area contributed by atoms with Crippen molar-refractivity contribution in [1.29, 1.82) is 0 Å². The Morgan fingerprint density at radius 3 is 2.38 bits per heavy atom. The molecule has 0 unspecified atom stereocenters. The van der Waals surface area contributed by atoms with Crippen LogP contribution >= 0.6 is 11.3 Å². The van der Waals surface area contributed by atoms with Gasteiger partial charge in [-0.2, -0.15) is 0 Å². The number of thiophene rings is 1. The summed E-state index contributed by atoms with van der Waals surface area (Å²) in [5.41, 5.74) is 2.01. The molecule has 0 spiro atoms. The smallest absolute Gasteiger partial charge is 0.236 e. The van der Waals surface area contributed by atoms with Crippen molar-refractivity contribution >= 4 is 33.3 Å². The van der Waals surface area contributed by atoms with Gasteiger partial charge in [0.05, 0.1) is 11.9 Å². The van der Waals surface area contributed by atoms with Gasteiger partial charge in [-0.25, -0.2) is 14.4 Å². The Morgan fingerprint density at radius 1 is 0.938 bits per heavy atom. The number of nitrogens with zero attached hydrogens (tertiary/aromatic N) is 5. The molecule has 0 atom stereocenters. The number of rotatable bonds is 4. The molecule has 6 nitrogen and oxygen atoms in total. The molecule has 2 fully saturated rings. The van der Waals surface area contributed by atoms with Crippen molar-refractivity contribution in [2.24, 2.45) is 0 Å². The van der Waals surface area contributed by atoms with Crippen LogP contribution in [0.5, 0.6) is 0 Å². The third kappa shape index (κ3) is 4.47. The molecule has 2 saturated heterocycles. The average molecular weight is 454 g/mol. The van der Waals surface area contributed by atoms with E-state index in [9.17, 15) is 9.18 Å². The fraction of sp³-hybridized carbons (Fsp3) is 0.458. The van der Waals surface area contributed by atoms with Crippen molar-refractivity contribution in [3.63, 3.8) is 0 Å². The van der Waals surface area contributed by atoms with Crippen LogP contribution in [0, 0.1) is 5.82 Å². The van der Waals surface area contributed by atoms with Crippen LogP contribution in [0.15, 0.2) is 36.0 Å². The van der Waals surface area contributed by atoms with Crippen LogP contribution in [0.25, 0.3) is 21.3 Å². The lowest BCUT2D eigenvalue weighted by Gasteiger charge is -2.36. The number of anilines is 1. The molecule has 0 N–H and O–H groups in total.